The maximum Gasteiger partial charge on any atom is 0.303 e. The zero-order valence-corrected chi connectivity index (χ0v) is 7.79. The monoisotopic (exact) mass is 211 g/mol. The van der Waals surface area contributed by atoms with Crippen LogP contribution < -0.4 is 5.56 Å². The fourth-order valence-corrected chi connectivity index (χ4v) is 1.18. The second-order valence-corrected chi connectivity index (χ2v) is 3.19. The van der Waals surface area contributed by atoms with Gasteiger partial charge in [-0.2, -0.15) is 8.78 Å². The third-order valence-corrected chi connectivity index (χ3v) is 1.91. The summed E-state index contributed by atoms with van der Waals surface area (Å²) in [7, 11) is 0. The first-order valence-electron chi connectivity index (χ1n) is 4.21. The van der Waals surface area contributed by atoms with Gasteiger partial charge in [0.05, 0.1) is 10.9 Å². The second kappa shape index (κ2) is 3.08. The van der Waals surface area contributed by atoms with Crippen LogP contribution in [0.15, 0.2) is 23.3 Å². The van der Waals surface area contributed by atoms with Crippen molar-refractivity contribution in [1.29, 1.82) is 0 Å². The summed E-state index contributed by atoms with van der Waals surface area (Å²) in [5, 5.41) is 0.200. The van der Waals surface area contributed by atoms with Gasteiger partial charge >= 0.3 is 5.92 Å². The molecule has 2 aromatic heterocycles. The molecule has 0 atom stereocenters. The Kier molecular flexibility index (Phi) is 1.99. The van der Waals surface area contributed by atoms with E-state index in [-0.39, 0.29) is 10.9 Å². The van der Waals surface area contributed by atoms with Crippen molar-refractivity contribution >= 4 is 10.9 Å². The highest BCUT2D eigenvalue weighted by molar-refractivity contribution is 5.75. The van der Waals surface area contributed by atoms with Crippen LogP contribution >= 0.6 is 0 Å². The number of hydrogen-bond acceptors (Lipinski definition) is 3. The Bertz CT molecular complexity index is 559. The molecule has 0 saturated heterocycles. The van der Waals surface area contributed by atoms with Crippen molar-refractivity contribution in [3.05, 3.63) is 34.6 Å². The molecule has 6 heteroatoms. The van der Waals surface area contributed by atoms with Gasteiger partial charge in [0.2, 0.25) is 0 Å². The predicted octanol–water partition coefficient (Wildman–Crippen LogP) is 1.43. The minimum absolute atomic E-state index is 0.200. The summed E-state index contributed by atoms with van der Waals surface area (Å²) in [4.78, 5) is 20.7. The third-order valence-electron chi connectivity index (χ3n) is 1.91. The van der Waals surface area contributed by atoms with Gasteiger partial charge in [0.1, 0.15) is 0 Å². The number of pyridine rings is 1. The van der Waals surface area contributed by atoms with E-state index in [1.54, 1.807) is 0 Å². The van der Waals surface area contributed by atoms with Crippen LogP contribution in [-0.4, -0.2) is 15.0 Å². The van der Waals surface area contributed by atoms with Crippen molar-refractivity contribution in [3.8, 4) is 0 Å². The smallest absolute Gasteiger partial charge is 0.303 e. The maximum absolute atomic E-state index is 12.9. The molecule has 0 aliphatic rings. The number of alkyl halides is 2. The van der Waals surface area contributed by atoms with Crippen LogP contribution in [0.3, 0.4) is 0 Å². The van der Waals surface area contributed by atoms with Gasteiger partial charge in [0, 0.05) is 19.3 Å². The van der Waals surface area contributed by atoms with E-state index < -0.39 is 17.3 Å². The number of halogens is 2. The summed E-state index contributed by atoms with van der Waals surface area (Å²) < 4.78 is 25.7. The Morgan fingerprint density at radius 1 is 1.47 bits per heavy atom. The van der Waals surface area contributed by atoms with E-state index in [0.717, 1.165) is 6.20 Å². The summed E-state index contributed by atoms with van der Waals surface area (Å²) >= 11 is 0. The Balaban J connectivity index is 2.73. The minimum atomic E-state index is -3.10. The molecule has 1 N–H and O–H groups in total. The SMILES string of the molecule is CC(F)(F)c1ncc2c(=O)[nH]ccc2n1. The molecule has 0 aromatic carbocycles. The molecule has 0 bridgehead atoms. The fraction of sp³-hybridized carbons (Fsp3) is 0.222. The van der Waals surface area contributed by atoms with Crippen molar-refractivity contribution in [2.75, 3.05) is 0 Å². The van der Waals surface area contributed by atoms with Gasteiger partial charge in [-0.15, -0.1) is 0 Å². The van der Waals surface area contributed by atoms with Crippen molar-refractivity contribution in [1.82, 2.24) is 15.0 Å². The number of aromatic amines is 1. The predicted molar refractivity (Wildman–Crippen MR) is 49.7 cm³/mol. The molecule has 0 spiro atoms. The molecule has 78 valence electrons. The third kappa shape index (κ3) is 1.70. The van der Waals surface area contributed by atoms with Crippen LogP contribution in [0.25, 0.3) is 10.9 Å². The minimum Gasteiger partial charge on any atom is -0.328 e. The molecule has 0 fully saturated rings. The number of hydrogen-bond donors (Lipinski definition) is 1. The van der Waals surface area contributed by atoms with Gasteiger partial charge in [0.15, 0.2) is 5.82 Å². The average molecular weight is 211 g/mol. The summed E-state index contributed by atoms with van der Waals surface area (Å²) in [5.41, 5.74) is -0.177. The standard InChI is InChI=1S/C9H7F2N3O/c1-9(10,11)8-13-4-5-6(14-8)2-3-12-7(5)15/h2-4H,1H3,(H,12,15). The fourth-order valence-electron chi connectivity index (χ4n) is 1.18. The molecule has 0 saturated carbocycles. The van der Waals surface area contributed by atoms with Crippen molar-refractivity contribution in [3.63, 3.8) is 0 Å². The molecular weight excluding hydrogens is 204 g/mol. The maximum atomic E-state index is 12.9. The van der Waals surface area contributed by atoms with E-state index in [0.29, 0.717) is 6.92 Å². The quantitative estimate of drug-likeness (QED) is 0.776. The Morgan fingerprint density at radius 2 is 2.20 bits per heavy atom. The van der Waals surface area contributed by atoms with Crippen molar-refractivity contribution < 1.29 is 8.78 Å². The molecule has 2 rings (SSSR count). The number of nitrogens with zero attached hydrogens (tertiary/aromatic N) is 2. The number of fused-ring (bicyclic) bond motifs is 1. The van der Waals surface area contributed by atoms with E-state index in [4.69, 9.17) is 0 Å². The molecule has 0 amide bonds. The molecular formula is C9H7F2N3O. The van der Waals surface area contributed by atoms with E-state index in [2.05, 4.69) is 15.0 Å². The lowest BCUT2D eigenvalue weighted by Gasteiger charge is -2.07. The molecule has 15 heavy (non-hydrogen) atoms. The average Bonchev–Trinajstić information content (AvgIpc) is 2.16. The van der Waals surface area contributed by atoms with Gasteiger partial charge < -0.3 is 4.98 Å². The summed E-state index contributed by atoms with van der Waals surface area (Å²) in [6, 6.07) is 1.45. The van der Waals surface area contributed by atoms with Crippen LogP contribution in [0.5, 0.6) is 0 Å². The van der Waals surface area contributed by atoms with Crippen LogP contribution in [0, 0.1) is 0 Å². The van der Waals surface area contributed by atoms with E-state index in [9.17, 15) is 13.6 Å². The van der Waals surface area contributed by atoms with Gasteiger partial charge in [-0.25, -0.2) is 9.97 Å². The first-order valence-corrected chi connectivity index (χ1v) is 4.21. The molecule has 0 aliphatic carbocycles. The first-order chi connectivity index (χ1) is 6.98. The van der Waals surface area contributed by atoms with Gasteiger partial charge in [-0.3, -0.25) is 4.79 Å². The topological polar surface area (TPSA) is 58.6 Å². The molecule has 0 radical (unpaired) electrons. The van der Waals surface area contributed by atoms with Crippen LogP contribution in [0.2, 0.25) is 0 Å². The van der Waals surface area contributed by atoms with Crippen LogP contribution in [0.4, 0.5) is 8.78 Å². The van der Waals surface area contributed by atoms with Gasteiger partial charge in [-0.1, -0.05) is 0 Å². The zero-order chi connectivity index (χ0) is 11.1. The normalized spacial score (nSPS) is 11.9. The molecule has 2 aromatic rings. The molecule has 0 aliphatic heterocycles. The highest BCUT2D eigenvalue weighted by Gasteiger charge is 2.28. The van der Waals surface area contributed by atoms with E-state index in [1.165, 1.54) is 12.3 Å². The number of nitrogens with one attached hydrogen (secondary N) is 1. The zero-order valence-electron chi connectivity index (χ0n) is 7.79. The van der Waals surface area contributed by atoms with E-state index >= 15 is 0 Å². The Labute approximate surface area is 83.0 Å². The Morgan fingerprint density at radius 3 is 2.87 bits per heavy atom. The molecule has 0 unspecified atom stereocenters. The highest BCUT2D eigenvalue weighted by atomic mass is 19.3. The van der Waals surface area contributed by atoms with Crippen molar-refractivity contribution in [2.45, 2.75) is 12.8 Å². The second-order valence-electron chi connectivity index (χ2n) is 3.19. The van der Waals surface area contributed by atoms with Crippen LogP contribution in [0.1, 0.15) is 12.7 Å². The largest absolute Gasteiger partial charge is 0.328 e. The lowest BCUT2D eigenvalue weighted by Crippen LogP contribution is -2.14. The summed E-state index contributed by atoms with van der Waals surface area (Å²) in [6.07, 6.45) is 2.46. The van der Waals surface area contributed by atoms with Crippen molar-refractivity contribution in [2.24, 2.45) is 0 Å². The Hall–Kier alpha value is -1.85. The lowest BCUT2D eigenvalue weighted by atomic mass is 10.3. The molecule has 2 heterocycles. The number of H-pyrrole nitrogens is 1. The van der Waals surface area contributed by atoms with E-state index in [1.807, 2.05) is 0 Å². The summed E-state index contributed by atoms with van der Waals surface area (Å²) in [5.74, 6) is -3.68. The van der Waals surface area contributed by atoms with Gasteiger partial charge in [0.25, 0.3) is 5.56 Å². The number of rotatable bonds is 1. The molecule has 4 nitrogen and oxygen atoms in total. The van der Waals surface area contributed by atoms with Crippen LogP contribution in [-0.2, 0) is 5.92 Å². The lowest BCUT2D eigenvalue weighted by molar-refractivity contribution is 0.00806. The first kappa shape index (κ1) is 9.70. The number of aromatic nitrogens is 3. The highest BCUT2D eigenvalue weighted by Crippen LogP contribution is 2.23. The summed E-state index contributed by atoms with van der Waals surface area (Å²) in [6.45, 7) is 0.710. The van der Waals surface area contributed by atoms with Gasteiger partial charge in [-0.05, 0) is 6.07 Å².